The van der Waals surface area contributed by atoms with Crippen molar-refractivity contribution in [3.05, 3.63) is 29.3 Å². The van der Waals surface area contributed by atoms with Gasteiger partial charge in [0.05, 0.1) is 41.9 Å². The van der Waals surface area contributed by atoms with Crippen LogP contribution in [0.4, 0.5) is 10.2 Å². The lowest BCUT2D eigenvalue weighted by Crippen LogP contribution is -2.61. The summed E-state index contributed by atoms with van der Waals surface area (Å²) in [5.74, 6) is -6.48. The van der Waals surface area contributed by atoms with Crippen LogP contribution in [0.2, 0.25) is 0 Å². The molecule has 2 aromatic heterocycles. The highest BCUT2D eigenvalue weighted by atomic mass is 32.1. The number of hydrogen-bond acceptors (Lipinski definition) is 17. The topological polar surface area (TPSA) is 247 Å². The van der Waals surface area contributed by atoms with Crippen molar-refractivity contribution in [2.75, 3.05) is 26.0 Å². The number of aliphatic imine (C=N–C) groups is 1. The van der Waals surface area contributed by atoms with Gasteiger partial charge in [0.2, 0.25) is 11.8 Å². The lowest BCUT2D eigenvalue weighted by atomic mass is 9.68. The Balaban J connectivity index is 1.61. The number of fused-ring (bicyclic) bond motifs is 5. The van der Waals surface area contributed by atoms with Gasteiger partial charge in [0.15, 0.2) is 18.7 Å². The Kier molecular flexibility index (Phi) is 18.9. The number of likely N-dealkylation sites (N-methyl/N-ethyl adjacent to an activating group) is 1. The average molecular weight is 988 g/mol. The standard InChI is InChI=1S/C49H74FN7O11S/c1-13-33(51)43(61)54-37-18-16-17-34(53-37)44-52-31(25-69-44)24-65-56-30-19-20-32-28(6)39(55-38(58)15-3)26(4)22-47(8,64-23-30)42(68-45-40(59)35(57(11)12)21-27(5)66-45)29(7)41(60)48(9,50)46(62)67-36(14-2)49(32,10)63/h16-18,25-29,32-33,35-36,40,42,45,59,63H,13-15,19-24,51H2,1-12H3,(H,53,54,61)/b55-39+,56-30+/t26-,27-,28-,29+,32-,33+,35+,36-,40-,42-,45+,47-,48+,49+/m1/s1. The van der Waals surface area contributed by atoms with Gasteiger partial charge in [-0.1, -0.05) is 52.8 Å². The van der Waals surface area contributed by atoms with Gasteiger partial charge >= 0.3 is 5.97 Å². The second-order valence-electron chi connectivity index (χ2n) is 19.7. The minimum Gasteiger partial charge on any atom is -0.457 e. The van der Waals surface area contributed by atoms with Crippen LogP contribution in [-0.4, -0.2) is 140 Å². The molecule has 0 aliphatic carbocycles. The third kappa shape index (κ3) is 13.0. The van der Waals surface area contributed by atoms with Crippen LogP contribution in [0, 0.1) is 23.7 Å². The molecule has 69 heavy (non-hydrogen) atoms. The fourth-order valence-electron chi connectivity index (χ4n) is 9.88. The highest BCUT2D eigenvalue weighted by Gasteiger charge is 2.56. The first-order chi connectivity index (χ1) is 32.4. The number of esters is 1. The molecule has 14 atom stereocenters. The van der Waals surface area contributed by atoms with Crippen LogP contribution in [0.15, 0.2) is 33.7 Å². The molecule has 0 unspecified atom stereocenters. The van der Waals surface area contributed by atoms with E-state index in [2.05, 4.69) is 20.4 Å². The van der Waals surface area contributed by atoms with Crippen molar-refractivity contribution in [1.29, 1.82) is 0 Å². The first-order valence-corrected chi connectivity index (χ1v) is 25.0. The molecule has 3 fully saturated rings. The van der Waals surface area contributed by atoms with Gasteiger partial charge < -0.3 is 49.9 Å². The zero-order valence-corrected chi connectivity index (χ0v) is 43.0. The van der Waals surface area contributed by atoms with Crippen LogP contribution < -0.4 is 11.1 Å². The van der Waals surface area contributed by atoms with Gasteiger partial charge in [0.25, 0.3) is 5.67 Å². The zero-order chi connectivity index (χ0) is 51.2. The minimum absolute atomic E-state index is 0.0323. The number of rotatable bonds is 12. The Bertz CT molecular complexity index is 2190. The molecule has 5 heterocycles. The van der Waals surface area contributed by atoms with Crippen molar-refractivity contribution in [1.82, 2.24) is 14.9 Å². The molecule has 3 aliphatic rings. The number of Topliss-reactive ketones (excluding diaryl/α,β-unsaturated/α-hetero) is 1. The molecule has 0 radical (unpaired) electrons. The van der Waals surface area contributed by atoms with E-state index in [9.17, 15) is 29.4 Å². The Hall–Kier alpha value is -4.15. The molecule has 0 saturated carbocycles. The molecule has 20 heteroatoms. The van der Waals surface area contributed by atoms with E-state index in [0.29, 0.717) is 46.5 Å². The second kappa shape index (κ2) is 23.4. The fourth-order valence-corrected chi connectivity index (χ4v) is 10.7. The molecule has 0 spiro atoms. The number of aliphatic hydroxyl groups is 2. The van der Waals surface area contributed by atoms with E-state index in [1.54, 1.807) is 44.4 Å². The van der Waals surface area contributed by atoms with E-state index in [1.807, 2.05) is 46.7 Å². The smallest absolute Gasteiger partial charge is 0.351 e. The number of thiazole rings is 1. The number of nitrogens with zero attached hydrogens (tertiary/aromatic N) is 5. The number of ether oxygens (including phenoxy) is 4. The summed E-state index contributed by atoms with van der Waals surface area (Å²) in [7, 11) is 3.64. The molecule has 2 amide bonds. The van der Waals surface area contributed by atoms with Crippen molar-refractivity contribution in [2.24, 2.45) is 39.6 Å². The molecule has 18 nitrogen and oxygen atoms in total. The Morgan fingerprint density at radius 3 is 2.46 bits per heavy atom. The quantitative estimate of drug-likeness (QED) is 0.111. The average Bonchev–Trinajstić information content (AvgIpc) is 3.78. The molecular weight excluding hydrogens is 914 g/mol. The number of halogens is 1. The van der Waals surface area contributed by atoms with Crippen molar-refractivity contribution in [3.63, 3.8) is 0 Å². The van der Waals surface area contributed by atoms with Gasteiger partial charge in [-0.3, -0.25) is 14.4 Å². The van der Waals surface area contributed by atoms with E-state index >= 15 is 4.39 Å². The number of hydrogen-bond donors (Lipinski definition) is 4. The maximum atomic E-state index is 17.1. The summed E-state index contributed by atoms with van der Waals surface area (Å²) in [5, 5.41) is 34.1. The number of pyridine rings is 1. The van der Waals surface area contributed by atoms with Gasteiger partial charge in [0, 0.05) is 35.4 Å². The van der Waals surface area contributed by atoms with Crippen LogP contribution in [-0.2, 0) is 49.6 Å². The van der Waals surface area contributed by atoms with Gasteiger partial charge in [-0.25, -0.2) is 24.1 Å². The number of aliphatic hydroxyl groups excluding tert-OH is 1. The number of amides is 2. The lowest BCUT2D eigenvalue weighted by Gasteiger charge is -2.48. The second-order valence-corrected chi connectivity index (χ2v) is 20.6. The molecule has 3 saturated heterocycles. The first-order valence-electron chi connectivity index (χ1n) is 24.1. The number of oxime groups is 1. The number of nitrogens with two attached hydrogens (primary N) is 1. The van der Waals surface area contributed by atoms with E-state index in [4.69, 9.17) is 34.5 Å². The Morgan fingerprint density at radius 1 is 1.10 bits per heavy atom. The predicted octanol–water partition coefficient (Wildman–Crippen LogP) is 5.81. The molecule has 5 rings (SSSR count). The summed E-state index contributed by atoms with van der Waals surface area (Å²) < 4.78 is 42.8. The summed E-state index contributed by atoms with van der Waals surface area (Å²) in [4.78, 5) is 76.0. The number of ketones is 1. The normalized spacial score (nSPS) is 35.7. The van der Waals surface area contributed by atoms with E-state index in [1.165, 1.54) is 25.2 Å². The molecular formula is C49H74FN7O11S. The van der Waals surface area contributed by atoms with Crippen LogP contribution in [0.3, 0.4) is 0 Å². The molecule has 2 aromatic rings. The summed E-state index contributed by atoms with van der Waals surface area (Å²) >= 11 is 1.32. The predicted molar refractivity (Wildman–Crippen MR) is 259 cm³/mol. The van der Waals surface area contributed by atoms with Crippen molar-refractivity contribution >= 4 is 52.1 Å². The van der Waals surface area contributed by atoms with E-state index in [-0.39, 0.29) is 57.1 Å². The molecule has 5 N–H and O–H groups in total. The van der Waals surface area contributed by atoms with E-state index in [0.717, 1.165) is 6.92 Å². The van der Waals surface area contributed by atoms with E-state index < -0.39 is 95.1 Å². The van der Waals surface area contributed by atoms with Crippen molar-refractivity contribution < 1.29 is 57.6 Å². The summed E-state index contributed by atoms with van der Waals surface area (Å²) in [6, 6.07) is 4.10. The lowest BCUT2D eigenvalue weighted by molar-refractivity contribution is -0.296. The fraction of sp³-hybridized carbons (Fsp3) is 0.714. The minimum atomic E-state index is -3.21. The number of cyclic esters (lactones) is 1. The Labute approximate surface area is 409 Å². The number of carbonyl (C=O) groups excluding carboxylic acids is 4. The maximum Gasteiger partial charge on any atom is 0.351 e. The third-order valence-electron chi connectivity index (χ3n) is 14.0. The highest BCUT2D eigenvalue weighted by molar-refractivity contribution is 7.13. The van der Waals surface area contributed by atoms with Crippen LogP contribution in [0.25, 0.3) is 10.7 Å². The maximum absolute atomic E-state index is 17.1. The van der Waals surface area contributed by atoms with Crippen LogP contribution in [0.5, 0.6) is 0 Å². The largest absolute Gasteiger partial charge is 0.457 e. The van der Waals surface area contributed by atoms with Crippen LogP contribution >= 0.6 is 11.3 Å². The molecule has 3 aliphatic heterocycles. The highest BCUT2D eigenvalue weighted by Crippen LogP contribution is 2.43. The van der Waals surface area contributed by atoms with Crippen LogP contribution in [0.1, 0.15) is 120 Å². The van der Waals surface area contributed by atoms with Gasteiger partial charge in [-0.2, -0.15) is 0 Å². The SMILES string of the molecule is CCC(=O)/N=C1\[C@H](C)C[C@@]2(C)OC/C(=N/OCc3csc(-c4cccc(NC(=O)[C@@H](N)CC)n4)n3)CC[C@H]([C@H]1C)[C@](C)(O)[C@@H](CC)OC(=O)[C@@](C)(F)C(=O)[C@H](C)[C@H]2O[C@@H]1O[C@H](C)C[C@H](N(C)C)[C@H]1O. The van der Waals surface area contributed by atoms with Crippen molar-refractivity contribution in [3.8, 4) is 10.7 Å². The zero-order valence-electron chi connectivity index (χ0n) is 42.2. The van der Waals surface area contributed by atoms with Gasteiger partial charge in [0.1, 0.15) is 34.3 Å². The molecule has 384 valence electrons. The summed E-state index contributed by atoms with van der Waals surface area (Å²) in [6.07, 6.45) is -4.15. The van der Waals surface area contributed by atoms with Crippen molar-refractivity contribution in [2.45, 2.75) is 180 Å². The number of alkyl halides is 1. The van der Waals surface area contributed by atoms with Gasteiger partial charge in [-0.15, -0.1) is 11.3 Å². The number of anilines is 1. The Morgan fingerprint density at radius 2 is 1.81 bits per heavy atom. The summed E-state index contributed by atoms with van der Waals surface area (Å²) in [6.45, 7) is 16.0. The monoisotopic (exact) mass is 988 g/mol. The third-order valence-corrected chi connectivity index (χ3v) is 14.9. The number of aromatic nitrogens is 2. The molecule has 2 bridgehead atoms. The first kappa shape index (κ1) is 55.8. The number of nitrogens with one attached hydrogen (secondary N) is 1. The van der Waals surface area contributed by atoms with Gasteiger partial charge in [-0.05, 0) is 104 Å². The summed E-state index contributed by atoms with van der Waals surface area (Å²) in [5.41, 5.74) is 1.15. The number of carbonyl (C=O) groups is 4. The molecule has 0 aromatic carbocycles.